The molecule has 0 unspecified atom stereocenters. The monoisotopic (exact) mass is 290 g/mol. The first-order chi connectivity index (χ1) is 9.96. The predicted molar refractivity (Wildman–Crippen MR) is 84.1 cm³/mol. The summed E-state index contributed by atoms with van der Waals surface area (Å²) in [6.45, 7) is 7.30. The summed E-state index contributed by atoms with van der Waals surface area (Å²) in [5.74, 6) is 0.397. The maximum absolute atomic E-state index is 11.8. The largest absolute Gasteiger partial charge is 0.444 e. The molecule has 2 atom stereocenters. The van der Waals surface area contributed by atoms with Crippen LogP contribution in [0.15, 0.2) is 30.3 Å². The summed E-state index contributed by atoms with van der Waals surface area (Å²) in [6.07, 6.45) is 1.92. The third kappa shape index (κ3) is 5.05. The molecule has 4 heteroatoms. The Balaban J connectivity index is 1.92. The number of alkyl carbamates (subject to hydrolysis) is 1. The summed E-state index contributed by atoms with van der Waals surface area (Å²) in [5.41, 5.74) is 0.835. The number of amides is 1. The summed E-state index contributed by atoms with van der Waals surface area (Å²) in [6, 6.07) is 10.7. The van der Waals surface area contributed by atoms with E-state index in [-0.39, 0.29) is 6.09 Å². The van der Waals surface area contributed by atoms with Crippen LogP contribution in [0.3, 0.4) is 0 Å². The fourth-order valence-corrected chi connectivity index (χ4v) is 2.75. The lowest BCUT2D eigenvalue weighted by Gasteiger charge is -2.33. The molecule has 1 aliphatic heterocycles. The first-order valence-corrected chi connectivity index (χ1v) is 7.71. The van der Waals surface area contributed by atoms with Crippen LogP contribution >= 0.6 is 0 Å². The van der Waals surface area contributed by atoms with Gasteiger partial charge in [-0.05, 0) is 51.6 Å². The lowest BCUT2D eigenvalue weighted by atomic mass is 9.86. The molecule has 21 heavy (non-hydrogen) atoms. The molecule has 116 valence electrons. The smallest absolute Gasteiger partial charge is 0.407 e. The molecule has 1 heterocycles. The molecule has 1 aromatic carbocycles. The molecular formula is C17H26N2O2. The molecule has 0 aromatic heterocycles. The van der Waals surface area contributed by atoms with Crippen molar-refractivity contribution < 1.29 is 9.53 Å². The number of carbonyl (C=O) groups is 1. The number of hydrogen-bond donors (Lipinski definition) is 2. The predicted octanol–water partition coefficient (Wildman–Crippen LogP) is 3.25. The third-order valence-electron chi connectivity index (χ3n) is 3.65. The highest BCUT2D eigenvalue weighted by atomic mass is 16.6. The van der Waals surface area contributed by atoms with Crippen LogP contribution in [0.1, 0.15) is 45.2 Å². The van der Waals surface area contributed by atoms with Gasteiger partial charge in [-0.3, -0.25) is 0 Å². The zero-order chi connectivity index (χ0) is 15.3. The molecule has 2 N–H and O–H groups in total. The molecule has 2 rings (SSSR count). The number of piperidine rings is 1. The third-order valence-corrected chi connectivity index (χ3v) is 3.65. The van der Waals surface area contributed by atoms with Crippen LogP contribution in [0.2, 0.25) is 0 Å². The van der Waals surface area contributed by atoms with Gasteiger partial charge in [0.15, 0.2) is 0 Å². The summed E-state index contributed by atoms with van der Waals surface area (Å²) in [5, 5.41) is 6.47. The van der Waals surface area contributed by atoms with Gasteiger partial charge in [-0.1, -0.05) is 30.3 Å². The van der Waals surface area contributed by atoms with Crippen molar-refractivity contribution in [1.29, 1.82) is 0 Å². The van der Waals surface area contributed by atoms with E-state index in [2.05, 4.69) is 34.9 Å². The van der Waals surface area contributed by atoms with Crippen molar-refractivity contribution >= 4 is 6.09 Å². The number of rotatable bonds is 3. The van der Waals surface area contributed by atoms with E-state index in [1.165, 1.54) is 5.56 Å². The number of carbonyl (C=O) groups excluding carboxylic acids is 1. The van der Waals surface area contributed by atoms with Crippen molar-refractivity contribution in [1.82, 2.24) is 10.6 Å². The molecule has 4 nitrogen and oxygen atoms in total. The fraction of sp³-hybridized carbons (Fsp3) is 0.588. The second kappa shape index (κ2) is 6.94. The van der Waals surface area contributed by atoms with Gasteiger partial charge in [0.1, 0.15) is 5.60 Å². The molecule has 1 saturated heterocycles. The summed E-state index contributed by atoms with van der Waals surface area (Å²) < 4.78 is 5.30. The van der Waals surface area contributed by atoms with Crippen LogP contribution in [0.4, 0.5) is 4.79 Å². The van der Waals surface area contributed by atoms with Gasteiger partial charge in [-0.25, -0.2) is 4.79 Å². The zero-order valence-corrected chi connectivity index (χ0v) is 13.2. The lowest BCUT2D eigenvalue weighted by molar-refractivity contribution is 0.0511. The number of nitrogens with one attached hydrogen (secondary N) is 2. The minimum Gasteiger partial charge on any atom is -0.444 e. The topological polar surface area (TPSA) is 50.4 Å². The van der Waals surface area contributed by atoms with E-state index < -0.39 is 5.60 Å². The van der Waals surface area contributed by atoms with Crippen LogP contribution in [-0.2, 0) is 4.74 Å². The highest BCUT2D eigenvalue weighted by molar-refractivity contribution is 5.67. The van der Waals surface area contributed by atoms with Crippen molar-refractivity contribution in [2.45, 2.75) is 45.3 Å². The lowest BCUT2D eigenvalue weighted by Crippen LogP contribution is -2.42. The second-order valence-corrected chi connectivity index (χ2v) is 6.63. The Hall–Kier alpha value is -1.55. The van der Waals surface area contributed by atoms with Crippen LogP contribution in [-0.4, -0.2) is 24.8 Å². The highest BCUT2D eigenvalue weighted by Crippen LogP contribution is 2.28. The minimum atomic E-state index is -0.451. The molecule has 1 aromatic rings. The molecule has 1 fully saturated rings. The molecule has 1 aliphatic rings. The van der Waals surface area contributed by atoms with Crippen molar-refractivity contribution in [3.8, 4) is 0 Å². The SMILES string of the molecule is CC(C)(C)OC(=O)NC[C@@H]1CCCN[C@@H]1c1ccccc1. The van der Waals surface area contributed by atoms with Gasteiger partial charge < -0.3 is 15.4 Å². The van der Waals surface area contributed by atoms with Gasteiger partial charge in [0.05, 0.1) is 0 Å². The minimum absolute atomic E-state index is 0.301. The molecule has 1 amide bonds. The first kappa shape index (κ1) is 15.8. The average molecular weight is 290 g/mol. The van der Waals surface area contributed by atoms with Crippen LogP contribution < -0.4 is 10.6 Å². The fourth-order valence-electron chi connectivity index (χ4n) is 2.75. The van der Waals surface area contributed by atoms with Crippen molar-refractivity contribution in [2.75, 3.05) is 13.1 Å². The van der Waals surface area contributed by atoms with Crippen LogP contribution in [0.25, 0.3) is 0 Å². The molecule has 0 aliphatic carbocycles. The Bertz CT molecular complexity index is 454. The number of hydrogen-bond acceptors (Lipinski definition) is 3. The summed E-state index contributed by atoms with van der Waals surface area (Å²) in [4.78, 5) is 11.8. The zero-order valence-electron chi connectivity index (χ0n) is 13.2. The molecule has 0 radical (unpaired) electrons. The van der Waals surface area contributed by atoms with E-state index in [0.29, 0.717) is 18.5 Å². The Morgan fingerprint density at radius 3 is 2.71 bits per heavy atom. The molecule has 0 bridgehead atoms. The van der Waals surface area contributed by atoms with Gasteiger partial charge in [-0.2, -0.15) is 0 Å². The van der Waals surface area contributed by atoms with E-state index in [9.17, 15) is 4.79 Å². The van der Waals surface area contributed by atoms with E-state index in [1.807, 2.05) is 26.8 Å². The Labute approximate surface area is 127 Å². The second-order valence-electron chi connectivity index (χ2n) is 6.63. The molecule has 0 spiro atoms. The first-order valence-electron chi connectivity index (χ1n) is 7.71. The Kier molecular flexibility index (Phi) is 5.23. The maximum atomic E-state index is 11.8. The van der Waals surface area contributed by atoms with E-state index in [0.717, 1.165) is 19.4 Å². The summed E-state index contributed by atoms with van der Waals surface area (Å²) >= 11 is 0. The van der Waals surface area contributed by atoms with Crippen LogP contribution in [0, 0.1) is 5.92 Å². The van der Waals surface area contributed by atoms with E-state index >= 15 is 0 Å². The average Bonchev–Trinajstić information content (AvgIpc) is 2.45. The van der Waals surface area contributed by atoms with Gasteiger partial charge in [0.25, 0.3) is 0 Å². The van der Waals surface area contributed by atoms with Gasteiger partial charge in [0, 0.05) is 12.6 Å². The summed E-state index contributed by atoms with van der Waals surface area (Å²) in [7, 11) is 0. The Morgan fingerprint density at radius 1 is 1.33 bits per heavy atom. The van der Waals surface area contributed by atoms with Gasteiger partial charge in [-0.15, -0.1) is 0 Å². The van der Waals surface area contributed by atoms with Gasteiger partial charge >= 0.3 is 6.09 Å². The number of ether oxygens (including phenoxy) is 1. The normalized spacial score (nSPS) is 22.6. The Morgan fingerprint density at radius 2 is 2.05 bits per heavy atom. The van der Waals surface area contributed by atoms with Crippen molar-refractivity contribution in [2.24, 2.45) is 5.92 Å². The maximum Gasteiger partial charge on any atom is 0.407 e. The molecule has 0 saturated carbocycles. The van der Waals surface area contributed by atoms with E-state index in [4.69, 9.17) is 4.74 Å². The van der Waals surface area contributed by atoms with Gasteiger partial charge in [0.2, 0.25) is 0 Å². The van der Waals surface area contributed by atoms with Crippen molar-refractivity contribution in [3.63, 3.8) is 0 Å². The highest BCUT2D eigenvalue weighted by Gasteiger charge is 2.27. The number of benzene rings is 1. The molecular weight excluding hydrogens is 264 g/mol. The van der Waals surface area contributed by atoms with Crippen LogP contribution in [0.5, 0.6) is 0 Å². The van der Waals surface area contributed by atoms with Crippen molar-refractivity contribution in [3.05, 3.63) is 35.9 Å². The standard InChI is InChI=1S/C17H26N2O2/c1-17(2,3)21-16(20)19-12-14-10-7-11-18-15(14)13-8-5-4-6-9-13/h4-6,8-9,14-15,18H,7,10-12H2,1-3H3,(H,19,20)/t14-,15+/m0/s1. The quantitative estimate of drug-likeness (QED) is 0.898. The van der Waals surface area contributed by atoms with E-state index in [1.54, 1.807) is 0 Å².